The van der Waals surface area contributed by atoms with Crippen LogP contribution in [0, 0.1) is 17.8 Å². The molecule has 9 nitrogen and oxygen atoms in total. The number of benzene rings is 2. The predicted octanol–water partition coefficient (Wildman–Crippen LogP) is 3.08. The molecule has 0 aromatic heterocycles. The van der Waals surface area contributed by atoms with Gasteiger partial charge in [0.2, 0.25) is 10.0 Å². The molecule has 2 heterocycles. The van der Waals surface area contributed by atoms with Gasteiger partial charge in [-0.1, -0.05) is 44.2 Å². The summed E-state index contributed by atoms with van der Waals surface area (Å²) in [7, 11) is -4.00. The van der Waals surface area contributed by atoms with Gasteiger partial charge >= 0.3 is 5.97 Å². The number of fused-ring (bicyclic) bond motifs is 1. The van der Waals surface area contributed by atoms with Gasteiger partial charge in [0.25, 0.3) is 5.92 Å². The smallest absolute Gasteiger partial charge is 0.306 e. The number of alkyl halides is 2. The van der Waals surface area contributed by atoms with Crippen molar-refractivity contribution in [2.75, 3.05) is 32.0 Å². The molecule has 0 amide bonds. The number of nitrogens with zero attached hydrogens (tertiary/aromatic N) is 1. The normalized spacial score (nSPS) is 23.7. The second kappa shape index (κ2) is 12.5. The molecule has 1 unspecified atom stereocenters. The van der Waals surface area contributed by atoms with E-state index in [4.69, 9.17) is 19.9 Å². The first-order chi connectivity index (χ1) is 18.9. The number of carbonyl (C=O) groups excluding carboxylic acids is 1. The van der Waals surface area contributed by atoms with E-state index in [0.29, 0.717) is 5.69 Å². The topological polar surface area (TPSA) is 128 Å². The Morgan fingerprint density at radius 3 is 2.45 bits per heavy atom. The number of sulfonamides is 1. The molecule has 2 aliphatic heterocycles. The van der Waals surface area contributed by atoms with Crippen molar-refractivity contribution in [2.45, 2.75) is 56.0 Å². The molecule has 220 valence electrons. The van der Waals surface area contributed by atoms with Gasteiger partial charge in [0, 0.05) is 24.7 Å². The van der Waals surface area contributed by atoms with Crippen molar-refractivity contribution >= 4 is 21.7 Å². The second-order valence-electron chi connectivity index (χ2n) is 10.8. The van der Waals surface area contributed by atoms with Gasteiger partial charge in [-0.2, -0.15) is 4.31 Å². The van der Waals surface area contributed by atoms with Crippen molar-refractivity contribution in [3.8, 4) is 0 Å². The Kier molecular flexibility index (Phi) is 9.46. The fraction of sp³-hybridized carbons (Fsp3) is 0.536. The van der Waals surface area contributed by atoms with E-state index in [1.54, 1.807) is 0 Å². The number of anilines is 1. The van der Waals surface area contributed by atoms with Crippen molar-refractivity contribution < 1.29 is 41.3 Å². The van der Waals surface area contributed by atoms with Gasteiger partial charge < -0.3 is 25.1 Å². The van der Waals surface area contributed by atoms with Crippen molar-refractivity contribution in [1.82, 2.24) is 4.31 Å². The number of carbonyl (C=O) groups is 1. The third kappa shape index (κ3) is 7.16. The summed E-state index contributed by atoms with van der Waals surface area (Å²) in [4.78, 5) is 13.0. The van der Waals surface area contributed by atoms with Gasteiger partial charge in [-0.3, -0.25) is 4.79 Å². The fourth-order valence-electron chi connectivity index (χ4n) is 5.11. The van der Waals surface area contributed by atoms with Crippen LogP contribution in [0.3, 0.4) is 0 Å². The summed E-state index contributed by atoms with van der Waals surface area (Å²) in [5, 5.41) is 11.4. The summed E-state index contributed by atoms with van der Waals surface area (Å²) in [6, 6.07) is 14.9. The van der Waals surface area contributed by atoms with Crippen LogP contribution < -0.4 is 5.73 Å². The van der Waals surface area contributed by atoms with Crippen molar-refractivity contribution in [3.05, 3.63) is 60.2 Å². The maximum atomic E-state index is 14.3. The molecule has 2 aromatic rings. The molecule has 0 saturated carbocycles. The molecule has 40 heavy (non-hydrogen) atoms. The van der Waals surface area contributed by atoms with E-state index in [0.717, 1.165) is 5.56 Å². The number of nitrogens with two attached hydrogens (primary N) is 1. The number of nitrogen functional groups attached to an aromatic ring is 1. The van der Waals surface area contributed by atoms with E-state index < -0.39 is 58.9 Å². The highest BCUT2D eigenvalue weighted by atomic mass is 32.2. The number of hydrogen-bond acceptors (Lipinski definition) is 8. The third-order valence-electron chi connectivity index (χ3n) is 7.12. The molecular weight excluding hydrogens is 546 g/mol. The molecule has 3 N–H and O–H groups in total. The first kappa shape index (κ1) is 30.3. The van der Waals surface area contributed by atoms with Gasteiger partial charge in [-0.15, -0.1) is 0 Å². The molecular formula is C28H36F2N2O7S. The van der Waals surface area contributed by atoms with Crippen LogP contribution in [-0.2, 0) is 35.4 Å². The number of ether oxygens (including phenoxy) is 3. The number of rotatable bonds is 12. The predicted molar refractivity (Wildman–Crippen MR) is 143 cm³/mol. The van der Waals surface area contributed by atoms with Crippen LogP contribution in [0.25, 0.3) is 0 Å². The maximum Gasteiger partial charge on any atom is 0.306 e. The van der Waals surface area contributed by atoms with Crippen LogP contribution >= 0.6 is 0 Å². The Balaban J connectivity index is 1.52. The van der Waals surface area contributed by atoms with Crippen molar-refractivity contribution in [2.24, 2.45) is 17.8 Å². The molecule has 0 aliphatic carbocycles. The number of halogens is 2. The summed E-state index contributed by atoms with van der Waals surface area (Å²) in [6.45, 7) is 2.54. The van der Waals surface area contributed by atoms with Crippen molar-refractivity contribution in [3.63, 3.8) is 0 Å². The Morgan fingerprint density at radius 1 is 1.12 bits per heavy atom. The first-order valence-corrected chi connectivity index (χ1v) is 14.7. The Morgan fingerprint density at radius 2 is 1.80 bits per heavy atom. The zero-order chi connectivity index (χ0) is 29.1. The zero-order valence-corrected chi connectivity index (χ0v) is 23.3. The van der Waals surface area contributed by atoms with Gasteiger partial charge in [0.05, 0.1) is 24.0 Å². The van der Waals surface area contributed by atoms with Crippen LogP contribution in [0.4, 0.5) is 14.5 Å². The van der Waals surface area contributed by atoms with Crippen LogP contribution in [0.2, 0.25) is 0 Å². The summed E-state index contributed by atoms with van der Waals surface area (Å²) in [5.74, 6) is -6.19. The molecule has 12 heteroatoms. The highest BCUT2D eigenvalue weighted by molar-refractivity contribution is 7.89. The lowest BCUT2D eigenvalue weighted by molar-refractivity contribution is -0.158. The summed E-state index contributed by atoms with van der Waals surface area (Å²) in [5.41, 5.74) is 6.95. The van der Waals surface area contributed by atoms with Crippen LogP contribution in [0.5, 0.6) is 0 Å². The minimum Gasteiger partial charge on any atom is -0.459 e. The van der Waals surface area contributed by atoms with Gasteiger partial charge in [0.15, 0.2) is 6.29 Å². The minimum atomic E-state index is -4.00. The first-order valence-electron chi connectivity index (χ1n) is 13.2. The minimum absolute atomic E-state index is 0.0315. The molecule has 4 rings (SSSR count). The van der Waals surface area contributed by atoms with Crippen LogP contribution in [0.1, 0.15) is 25.8 Å². The largest absolute Gasteiger partial charge is 0.459 e. The average Bonchev–Trinajstić information content (AvgIpc) is 3.44. The summed E-state index contributed by atoms with van der Waals surface area (Å²) in [6.07, 6.45) is -3.66. The lowest BCUT2D eigenvalue weighted by atomic mass is 9.90. The van der Waals surface area contributed by atoms with Gasteiger partial charge in [0.1, 0.15) is 18.6 Å². The molecule has 2 aromatic carbocycles. The molecule has 2 aliphatic rings. The molecule has 0 radical (unpaired) electrons. The van der Waals surface area contributed by atoms with Crippen LogP contribution in [-0.4, -0.2) is 74.5 Å². The second-order valence-corrected chi connectivity index (χ2v) is 12.8. The average molecular weight is 583 g/mol. The summed E-state index contributed by atoms with van der Waals surface area (Å²) >= 11 is 0. The summed E-state index contributed by atoms with van der Waals surface area (Å²) < 4.78 is 72.4. The number of aliphatic hydroxyl groups excluding tert-OH is 1. The van der Waals surface area contributed by atoms with E-state index in [1.807, 2.05) is 44.2 Å². The standard InChI is InChI=1S/C28H36F2N2O7S/c1-18(2)14-32(40(35,36)22-10-8-21(31)9-11-22)15-23(33)20(12-19-6-4-3-5-7-19)13-25(34)39-24-16-37-27-26(24)28(29,30)17-38-27/h3-11,18,20,23-24,26-27,33H,12-17,31H2,1-2H3/t20-,23-,24?,26+,27+/m1/s1. The molecule has 2 fully saturated rings. The monoisotopic (exact) mass is 582 g/mol. The van der Waals surface area contributed by atoms with Gasteiger partial charge in [-0.05, 0) is 42.2 Å². The van der Waals surface area contributed by atoms with Crippen LogP contribution in [0.15, 0.2) is 59.5 Å². The van der Waals surface area contributed by atoms with E-state index in [2.05, 4.69) is 0 Å². The lowest BCUT2D eigenvalue weighted by Crippen LogP contribution is -2.43. The number of hydrogen-bond donors (Lipinski definition) is 2. The van der Waals surface area contributed by atoms with E-state index in [-0.39, 0.29) is 43.4 Å². The van der Waals surface area contributed by atoms with Crippen molar-refractivity contribution in [1.29, 1.82) is 0 Å². The lowest BCUT2D eigenvalue weighted by Gasteiger charge is -2.30. The fourth-order valence-corrected chi connectivity index (χ4v) is 6.73. The molecule has 0 bridgehead atoms. The molecule has 0 spiro atoms. The zero-order valence-electron chi connectivity index (χ0n) is 22.5. The quantitative estimate of drug-likeness (QED) is 0.289. The Hall–Kier alpha value is -2.64. The van der Waals surface area contributed by atoms with E-state index >= 15 is 0 Å². The number of esters is 1. The number of aliphatic hydroxyl groups is 1. The molecule has 5 atom stereocenters. The Labute approximate surface area is 233 Å². The highest BCUT2D eigenvalue weighted by Gasteiger charge is 2.60. The van der Waals surface area contributed by atoms with Gasteiger partial charge in [-0.25, -0.2) is 17.2 Å². The van der Waals surface area contributed by atoms with E-state index in [9.17, 15) is 27.1 Å². The maximum absolute atomic E-state index is 14.3. The highest BCUT2D eigenvalue weighted by Crippen LogP contribution is 2.43. The SMILES string of the molecule is CC(C)CN(C[C@@H](O)[C@@H](CC(=O)OC1CO[C@H]2OCC(F)(F)[C@@H]12)Cc1ccccc1)S(=O)(=O)c1ccc(N)cc1. The van der Waals surface area contributed by atoms with E-state index in [1.165, 1.54) is 28.6 Å². The Bertz CT molecular complexity index is 1250. The third-order valence-corrected chi connectivity index (χ3v) is 8.97. The molecule has 2 saturated heterocycles.